The normalized spacial score (nSPS) is 11.6. The third-order valence-electron chi connectivity index (χ3n) is 28.0. The molecule has 0 unspecified atom stereocenters. The van der Waals surface area contributed by atoms with Gasteiger partial charge in [-0.1, -0.05) is 376 Å². The summed E-state index contributed by atoms with van der Waals surface area (Å²) in [6.07, 6.45) is 0. The Kier molecular flexibility index (Phi) is 21.5. The second-order valence-electron chi connectivity index (χ2n) is 37.2. The van der Waals surface area contributed by atoms with Crippen molar-refractivity contribution < 1.29 is 26.5 Å². The highest BCUT2D eigenvalue weighted by Crippen LogP contribution is 2.49. The van der Waals surface area contributed by atoms with Crippen molar-refractivity contribution in [3.05, 3.63) is 491 Å². The van der Waals surface area contributed by atoms with Crippen LogP contribution in [0, 0.1) is 0 Å². The summed E-state index contributed by atoms with van der Waals surface area (Å²) in [5.41, 5.74) is 31.0. The summed E-state index contributed by atoms with van der Waals surface area (Å²) in [7, 11) is 0. The molecule has 21 aromatic carbocycles. The lowest BCUT2D eigenvalue weighted by Crippen LogP contribution is -2.00. The maximum absolute atomic E-state index is 6.66. The number of fused-ring (bicyclic) bond motifs is 18. The smallest absolute Gasteiger partial charge is 0.164 e. The number of para-hydroxylation sites is 2. The van der Waals surface area contributed by atoms with Crippen molar-refractivity contribution in [1.82, 2.24) is 44.9 Å². The molecular formula is C135H81N9O6. The summed E-state index contributed by atoms with van der Waals surface area (Å²) in [6.45, 7) is 0. The van der Waals surface area contributed by atoms with Crippen LogP contribution in [0.3, 0.4) is 0 Å². The van der Waals surface area contributed by atoms with Crippen molar-refractivity contribution in [2.75, 3.05) is 0 Å². The van der Waals surface area contributed by atoms with Gasteiger partial charge in [0.15, 0.2) is 52.4 Å². The van der Waals surface area contributed by atoms with E-state index in [4.69, 9.17) is 71.4 Å². The van der Waals surface area contributed by atoms with Gasteiger partial charge < -0.3 is 26.5 Å². The van der Waals surface area contributed by atoms with Crippen LogP contribution < -0.4 is 0 Å². The lowest BCUT2D eigenvalue weighted by Gasteiger charge is -2.11. The predicted molar refractivity (Wildman–Crippen MR) is 605 cm³/mol. The van der Waals surface area contributed by atoms with Gasteiger partial charge in [0.1, 0.15) is 67.0 Å². The molecule has 0 radical (unpaired) electrons. The highest BCUT2D eigenvalue weighted by molar-refractivity contribution is 6.20. The van der Waals surface area contributed by atoms with E-state index < -0.39 is 0 Å². The molecular weight excluding hydrogens is 1840 g/mol. The number of rotatable bonds is 15. The molecule has 0 aliphatic carbocycles. The average Bonchev–Trinajstić information content (AvgIpc) is 1.59. The summed E-state index contributed by atoms with van der Waals surface area (Å²) in [4.78, 5) is 45.2. The van der Waals surface area contributed by atoms with Crippen LogP contribution in [0.4, 0.5) is 0 Å². The minimum Gasteiger partial charge on any atom is -0.456 e. The maximum atomic E-state index is 6.66. The summed E-state index contributed by atoms with van der Waals surface area (Å²) in [5, 5.41) is 12.8. The number of nitrogens with zero attached hydrogens (tertiary/aromatic N) is 9. The van der Waals surface area contributed by atoms with Gasteiger partial charge in [0, 0.05) is 115 Å². The minimum atomic E-state index is 0.557. The fourth-order valence-corrected chi connectivity index (χ4v) is 20.9. The van der Waals surface area contributed by atoms with Gasteiger partial charge >= 0.3 is 0 Å². The van der Waals surface area contributed by atoms with Gasteiger partial charge in [0.25, 0.3) is 0 Å². The van der Waals surface area contributed by atoms with Crippen LogP contribution in [0.1, 0.15) is 0 Å². The van der Waals surface area contributed by atoms with E-state index >= 15 is 0 Å². The Morgan fingerprint density at radius 2 is 0.300 bits per heavy atom. The van der Waals surface area contributed by atoms with Crippen LogP contribution >= 0.6 is 0 Å². The molecule has 9 aromatic heterocycles. The van der Waals surface area contributed by atoms with Gasteiger partial charge in [-0.15, -0.1) is 0 Å². The zero-order valence-corrected chi connectivity index (χ0v) is 80.2. The Hall–Kier alpha value is -20.6. The zero-order valence-electron chi connectivity index (χ0n) is 80.2. The molecule has 9 heterocycles. The lowest BCUT2D eigenvalue weighted by molar-refractivity contribution is 0.668. The Morgan fingerprint density at radius 1 is 0.100 bits per heavy atom. The quantitative estimate of drug-likeness (QED) is 0.0939. The van der Waals surface area contributed by atoms with Crippen LogP contribution in [-0.4, -0.2) is 44.9 Å². The van der Waals surface area contributed by atoms with Crippen LogP contribution in [-0.2, 0) is 0 Å². The molecule has 0 N–H and O–H groups in total. The highest BCUT2D eigenvalue weighted by atomic mass is 16.3. The first-order chi connectivity index (χ1) is 74.3. The Bertz CT molecular complexity index is 10300. The molecule has 0 fully saturated rings. The predicted octanol–water partition coefficient (Wildman–Crippen LogP) is 36.0. The average molecular weight is 1930 g/mol. The van der Waals surface area contributed by atoms with Gasteiger partial charge in [-0.25, -0.2) is 44.9 Å². The van der Waals surface area contributed by atoms with Gasteiger partial charge in [-0.05, 0) is 182 Å². The molecule has 15 nitrogen and oxygen atoms in total. The third kappa shape index (κ3) is 16.0. The number of aromatic nitrogens is 9. The van der Waals surface area contributed by atoms with Crippen molar-refractivity contribution in [1.29, 1.82) is 0 Å². The lowest BCUT2D eigenvalue weighted by atomic mass is 9.93. The van der Waals surface area contributed by atoms with Crippen molar-refractivity contribution in [3.63, 3.8) is 0 Å². The summed E-state index contributed by atoms with van der Waals surface area (Å²) in [5.74, 6) is 5.17. The van der Waals surface area contributed by atoms with Crippen LogP contribution in [0.2, 0.25) is 0 Å². The van der Waals surface area contributed by atoms with Crippen LogP contribution in [0.25, 0.3) is 301 Å². The van der Waals surface area contributed by atoms with Crippen LogP contribution in [0.15, 0.2) is 518 Å². The van der Waals surface area contributed by atoms with E-state index in [0.717, 1.165) is 248 Å². The first kappa shape index (κ1) is 87.3. The maximum Gasteiger partial charge on any atom is 0.164 e. The number of furan rings is 6. The van der Waals surface area contributed by atoms with E-state index in [-0.39, 0.29) is 0 Å². The van der Waals surface area contributed by atoms with Crippen molar-refractivity contribution >= 4 is 132 Å². The van der Waals surface area contributed by atoms with Gasteiger partial charge in [-0.2, -0.15) is 0 Å². The molecule has 30 aromatic rings. The molecule has 150 heavy (non-hydrogen) atoms. The van der Waals surface area contributed by atoms with E-state index in [2.05, 4.69) is 267 Å². The third-order valence-corrected chi connectivity index (χ3v) is 28.0. The summed E-state index contributed by atoms with van der Waals surface area (Å²) >= 11 is 0. The fourth-order valence-electron chi connectivity index (χ4n) is 20.9. The van der Waals surface area contributed by atoms with E-state index in [1.54, 1.807) is 0 Å². The van der Waals surface area contributed by atoms with Crippen molar-refractivity contribution in [2.24, 2.45) is 0 Å². The van der Waals surface area contributed by atoms with Crippen molar-refractivity contribution in [3.8, 4) is 169 Å². The molecule has 0 aliphatic rings. The van der Waals surface area contributed by atoms with E-state index in [0.29, 0.717) is 52.4 Å². The molecule has 0 spiro atoms. The number of hydrogen-bond donors (Lipinski definition) is 0. The summed E-state index contributed by atoms with van der Waals surface area (Å²) in [6, 6.07) is 167. The van der Waals surface area contributed by atoms with Crippen LogP contribution in [0.5, 0.6) is 0 Å². The van der Waals surface area contributed by atoms with E-state index in [1.807, 2.05) is 224 Å². The number of benzene rings is 21. The molecule has 0 saturated carbocycles. The van der Waals surface area contributed by atoms with E-state index in [9.17, 15) is 0 Å². The number of hydrogen-bond acceptors (Lipinski definition) is 15. The largest absolute Gasteiger partial charge is 0.456 e. The topological polar surface area (TPSA) is 195 Å². The van der Waals surface area contributed by atoms with Gasteiger partial charge in [0.2, 0.25) is 0 Å². The second kappa shape index (κ2) is 37.0. The molecule has 0 bridgehead atoms. The Morgan fingerprint density at radius 3 is 0.653 bits per heavy atom. The Balaban J connectivity index is 0.000000108. The van der Waals surface area contributed by atoms with Gasteiger partial charge in [-0.3, -0.25) is 0 Å². The highest BCUT2D eigenvalue weighted by Gasteiger charge is 2.27. The van der Waals surface area contributed by atoms with E-state index in [1.165, 1.54) is 0 Å². The monoisotopic (exact) mass is 1920 g/mol. The van der Waals surface area contributed by atoms with Gasteiger partial charge in [0.05, 0.1) is 0 Å². The van der Waals surface area contributed by atoms with Crippen molar-refractivity contribution in [2.45, 2.75) is 0 Å². The summed E-state index contributed by atoms with van der Waals surface area (Å²) < 4.78 is 38.7. The molecule has 702 valence electrons. The fraction of sp³-hybridized carbons (Fsp3) is 0. The zero-order chi connectivity index (χ0) is 99.1. The minimum absolute atomic E-state index is 0.557. The SMILES string of the molecule is c1ccc(-c2cc(-c3ccccc3)c3c(c2)oc2cc(-c4nc(-c5ccccc5)nc(-c5ccc6c(c5)oc5ccccc56)n4)ccc23)cc1.c1ccc(-c2nc(-c3ccc4c(c3)oc3cccc(-c5ccccc5)c34)nc(-c3ccc4c(c3)oc3cccc(-c5ccccc5)c34)n2)cc1.c1ccc(-c2nc(-c3ccc4c(c3)oc3ccccc34)nc(-c3cc(-c4ccccc4)c4c(c3)oc3cccc(-c5ccccc5)c34)n2)cc1. The molecule has 0 amide bonds. The standard InChI is InChI=1S/3C45H27N3O2/c1-4-12-28(13-5-1)33-18-10-20-37-41(33)35-24-22-31(26-39(35)49-37)44-46-43(30-16-8-3-9-17-30)47-45(48-44)32-23-25-36-40(27-32)50-38-21-11-19-34(42(36)38)29-14-6-2-7-15-29;1-4-13-28(14-5-1)33-20-12-22-38-41(33)42-36(29-15-6-2-7-16-29)25-32(27-40(42)50-38)45-47-43(30-17-8-3-9-18-30)46-44(48-45)31-23-24-35-34-19-10-11-21-37(34)49-39(35)26-31;1-4-12-28(13-5-1)33-24-37(29-14-6-2-7-15-29)42-36-23-21-32(26-40(36)50-41(42)27-33)45-47-43(30-16-8-3-9-17-30)46-44(48-45)31-20-22-35-34-18-10-11-19-38(34)49-39(35)25-31/h3*1-27H. The molecule has 0 saturated heterocycles. The molecule has 30 rings (SSSR count). The molecule has 0 atom stereocenters. The first-order valence-corrected chi connectivity index (χ1v) is 49.8. The first-order valence-electron chi connectivity index (χ1n) is 49.8. The second-order valence-corrected chi connectivity index (χ2v) is 37.2. The molecule has 0 aliphatic heterocycles. The molecule has 15 heteroatoms. The Labute approximate surface area is 857 Å².